The summed E-state index contributed by atoms with van der Waals surface area (Å²) in [5, 5.41) is 2.89. The van der Waals surface area contributed by atoms with Crippen molar-refractivity contribution in [2.45, 2.75) is 66.6 Å². The second kappa shape index (κ2) is 11.5. The number of amides is 2. The minimum atomic E-state index is -3.75. The number of carbonyl (C=O) groups is 2. The molecule has 0 saturated heterocycles. The standard InChI is InChI=1S/C26H37N3O4S/c1-8-23(26(31)27-18(2)3)28(16-22-13-9-11-19(4)15-22)25(30)17-29(34(7,32)33)24-14-10-12-20(5)21(24)6/h9-15,18,23H,8,16-17H2,1-7H3,(H,27,31)/t23-/m1/s1. The first-order valence-corrected chi connectivity index (χ1v) is 13.4. The smallest absolute Gasteiger partial charge is 0.244 e. The quantitative estimate of drug-likeness (QED) is 0.554. The van der Waals surface area contributed by atoms with Crippen LogP contribution in [0.4, 0.5) is 5.69 Å². The van der Waals surface area contributed by atoms with Crippen LogP contribution in [-0.2, 0) is 26.2 Å². The zero-order valence-electron chi connectivity index (χ0n) is 21.3. The molecule has 2 amide bonds. The zero-order valence-corrected chi connectivity index (χ0v) is 22.1. The molecule has 2 aromatic carbocycles. The molecule has 0 aliphatic heterocycles. The molecule has 0 heterocycles. The maximum absolute atomic E-state index is 13.7. The Labute approximate surface area is 204 Å². The zero-order chi connectivity index (χ0) is 25.6. The van der Waals surface area contributed by atoms with Crippen molar-refractivity contribution in [3.63, 3.8) is 0 Å². The number of benzene rings is 2. The van der Waals surface area contributed by atoms with Crippen molar-refractivity contribution in [3.05, 3.63) is 64.7 Å². The fraction of sp³-hybridized carbons (Fsp3) is 0.462. The molecule has 0 bridgehead atoms. The second-order valence-corrected chi connectivity index (χ2v) is 11.0. The monoisotopic (exact) mass is 487 g/mol. The first kappa shape index (κ1) is 27.4. The van der Waals surface area contributed by atoms with Crippen molar-refractivity contribution < 1.29 is 18.0 Å². The van der Waals surface area contributed by atoms with Crippen LogP contribution in [0.2, 0.25) is 0 Å². The summed E-state index contributed by atoms with van der Waals surface area (Å²) in [5.41, 5.74) is 4.10. The van der Waals surface area contributed by atoms with Gasteiger partial charge in [0.15, 0.2) is 0 Å². The number of nitrogens with one attached hydrogen (secondary N) is 1. The Morgan fingerprint density at radius 2 is 1.68 bits per heavy atom. The molecule has 0 spiro atoms. The lowest BCUT2D eigenvalue weighted by Crippen LogP contribution is -2.53. The van der Waals surface area contributed by atoms with Gasteiger partial charge in [-0.3, -0.25) is 13.9 Å². The van der Waals surface area contributed by atoms with Crippen LogP contribution in [0.5, 0.6) is 0 Å². The molecule has 1 N–H and O–H groups in total. The van der Waals surface area contributed by atoms with E-state index in [-0.39, 0.29) is 25.0 Å². The van der Waals surface area contributed by atoms with Crippen LogP contribution >= 0.6 is 0 Å². The number of hydrogen-bond acceptors (Lipinski definition) is 4. The van der Waals surface area contributed by atoms with E-state index in [1.165, 1.54) is 4.90 Å². The maximum Gasteiger partial charge on any atom is 0.244 e. The normalized spacial score (nSPS) is 12.4. The molecule has 0 aromatic heterocycles. The van der Waals surface area contributed by atoms with Crippen LogP contribution in [-0.4, -0.2) is 50.0 Å². The van der Waals surface area contributed by atoms with Gasteiger partial charge in [-0.2, -0.15) is 0 Å². The van der Waals surface area contributed by atoms with E-state index in [0.717, 1.165) is 32.8 Å². The summed E-state index contributed by atoms with van der Waals surface area (Å²) in [6, 6.07) is 12.3. The Hall–Kier alpha value is -2.87. The molecule has 2 rings (SSSR count). The van der Waals surface area contributed by atoms with Gasteiger partial charge in [0.2, 0.25) is 21.8 Å². The highest BCUT2D eigenvalue weighted by Gasteiger charge is 2.32. The highest BCUT2D eigenvalue weighted by molar-refractivity contribution is 7.92. The number of sulfonamides is 1. The summed E-state index contributed by atoms with van der Waals surface area (Å²) >= 11 is 0. The molecule has 0 radical (unpaired) electrons. The summed E-state index contributed by atoms with van der Waals surface area (Å²) in [6.45, 7) is 11.1. The molecule has 0 aliphatic rings. The fourth-order valence-corrected chi connectivity index (χ4v) is 4.81. The van der Waals surface area contributed by atoms with Crippen LogP contribution in [0.1, 0.15) is 49.4 Å². The van der Waals surface area contributed by atoms with Crippen LogP contribution < -0.4 is 9.62 Å². The number of nitrogens with zero attached hydrogens (tertiary/aromatic N) is 2. The van der Waals surface area contributed by atoms with Crippen molar-refractivity contribution in [3.8, 4) is 0 Å². The number of hydrogen-bond donors (Lipinski definition) is 1. The average molecular weight is 488 g/mol. The third-order valence-corrected chi connectivity index (χ3v) is 6.90. The van der Waals surface area contributed by atoms with Gasteiger partial charge in [0, 0.05) is 12.6 Å². The predicted molar refractivity (Wildman–Crippen MR) is 137 cm³/mol. The fourth-order valence-electron chi connectivity index (χ4n) is 3.91. The van der Waals surface area contributed by atoms with Gasteiger partial charge in [-0.25, -0.2) is 8.42 Å². The Kier molecular flexibility index (Phi) is 9.27. The van der Waals surface area contributed by atoms with Crippen molar-refractivity contribution in [2.24, 2.45) is 0 Å². The second-order valence-electron chi connectivity index (χ2n) is 9.09. The molecular formula is C26H37N3O4S. The third-order valence-electron chi connectivity index (χ3n) is 5.78. The summed E-state index contributed by atoms with van der Waals surface area (Å²) in [6.07, 6.45) is 1.49. The van der Waals surface area contributed by atoms with E-state index in [9.17, 15) is 18.0 Å². The van der Waals surface area contributed by atoms with Crippen LogP contribution in [0.25, 0.3) is 0 Å². The molecule has 1 atom stereocenters. The highest BCUT2D eigenvalue weighted by atomic mass is 32.2. The van der Waals surface area contributed by atoms with E-state index in [0.29, 0.717) is 12.1 Å². The van der Waals surface area contributed by atoms with Gasteiger partial charge >= 0.3 is 0 Å². The summed E-state index contributed by atoms with van der Waals surface area (Å²) in [5.74, 6) is -0.685. The molecule has 0 fully saturated rings. The van der Waals surface area contributed by atoms with Gasteiger partial charge in [0.1, 0.15) is 12.6 Å². The molecule has 0 aliphatic carbocycles. The minimum absolute atomic E-state index is 0.0834. The van der Waals surface area contributed by atoms with Gasteiger partial charge in [-0.1, -0.05) is 48.9 Å². The lowest BCUT2D eigenvalue weighted by atomic mass is 10.1. The van der Waals surface area contributed by atoms with Crippen LogP contribution in [0.3, 0.4) is 0 Å². The topological polar surface area (TPSA) is 86.8 Å². The van der Waals surface area contributed by atoms with Gasteiger partial charge in [0.05, 0.1) is 11.9 Å². The van der Waals surface area contributed by atoms with E-state index in [2.05, 4.69) is 5.32 Å². The van der Waals surface area contributed by atoms with E-state index in [1.807, 2.05) is 71.9 Å². The van der Waals surface area contributed by atoms with Gasteiger partial charge in [-0.05, 0) is 63.8 Å². The Bertz CT molecular complexity index is 1130. The number of aryl methyl sites for hydroxylation is 2. The molecule has 2 aromatic rings. The van der Waals surface area contributed by atoms with Crippen LogP contribution in [0.15, 0.2) is 42.5 Å². The molecule has 8 heteroatoms. The first-order valence-electron chi connectivity index (χ1n) is 11.5. The van der Waals surface area contributed by atoms with Gasteiger partial charge in [0.25, 0.3) is 0 Å². The van der Waals surface area contributed by atoms with Gasteiger partial charge < -0.3 is 10.2 Å². The average Bonchev–Trinajstić information content (AvgIpc) is 2.72. The summed E-state index contributed by atoms with van der Waals surface area (Å²) in [7, 11) is -3.75. The summed E-state index contributed by atoms with van der Waals surface area (Å²) in [4.78, 5) is 28.2. The molecule has 0 saturated carbocycles. The predicted octanol–water partition coefficient (Wildman–Crippen LogP) is 3.71. The molecule has 0 unspecified atom stereocenters. The molecule has 34 heavy (non-hydrogen) atoms. The summed E-state index contributed by atoms with van der Waals surface area (Å²) < 4.78 is 26.6. The van der Waals surface area contributed by atoms with E-state index >= 15 is 0 Å². The van der Waals surface area contributed by atoms with E-state index in [4.69, 9.17) is 0 Å². The lowest BCUT2D eigenvalue weighted by Gasteiger charge is -2.33. The molecule has 7 nitrogen and oxygen atoms in total. The number of anilines is 1. The molecule has 186 valence electrons. The number of carbonyl (C=O) groups excluding carboxylic acids is 2. The van der Waals surface area contributed by atoms with Crippen LogP contribution in [0, 0.1) is 20.8 Å². The molecular weight excluding hydrogens is 450 g/mol. The maximum atomic E-state index is 13.7. The van der Waals surface area contributed by atoms with Crippen molar-refractivity contribution in [2.75, 3.05) is 17.1 Å². The Morgan fingerprint density at radius 1 is 1.03 bits per heavy atom. The third kappa shape index (κ3) is 7.06. The Balaban J connectivity index is 2.49. The number of rotatable bonds is 10. The Morgan fingerprint density at radius 3 is 2.24 bits per heavy atom. The highest BCUT2D eigenvalue weighted by Crippen LogP contribution is 2.25. The van der Waals surface area contributed by atoms with Crippen molar-refractivity contribution in [1.29, 1.82) is 0 Å². The lowest BCUT2D eigenvalue weighted by molar-refractivity contribution is -0.140. The van der Waals surface area contributed by atoms with Gasteiger partial charge in [-0.15, -0.1) is 0 Å². The minimum Gasteiger partial charge on any atom is -0.352 e. The van der Waals surface area contributed by atoms with E-state index in [1.54, 1.807) is 12.1 Å². The SMILES string of the molecule is CC[C@H](C(=O)NC(C)C)N(Cc1cccc(C)c1)C(=O)CN(c1cccc(C)c1C)S(C)(=O)=O. The first-order chi connectivity index (χ1) is 15.8. The van der Waals surface area contributed by atoms with Crippen molar-refractivity contribution in [1.82, 2.24) is 10.2 Å². The van der Waals surface area contributed by atoms with Crippen molar-refractivity contribution >= 4 is 27.5 Å². The largest absolute Gasteiger partial charge is 0.352 e. The van der Waals surface area contributed by atoms with E-state index < -0.39 is 22.0 Å².